The van der Waals surface area contributed by atoms with Crippen LogP contribution in [-0.4, -0.2) is 23.1 Å². The highest BCUT2D eigenvalue weighted by Crippen LogP contribution is 3.02. The molecule has 4 nitrogen and oxygen atoms in total. The summed E-state index contributed by atoms with van der Waals surface area (Å²) in [5.41, 5.74) is 8.34. The minimum Gasteiger partial charge on any atom is -0.355 e. The SMILES string of the molecule is N[C@@H]1c2cc(Br)c(F)cc2CC12CCN(c1cnc(Sc3cccc(S(F)(F)(F)(F)F)c3)cn1)CC2. The van der Waals surface area contributed by atoms with Gasteiger partial charge in [0.15, 0.2) is 0 Å². The highest BCUT2D eigenvalue weighted by atomic mass is 79.9. The summed E-state index contributed by atoms with van der Waals surface area (Å²) in [6.07, 6.45) is 5.20. The van der Waals surface area contributed by atoms with Gasteiger partial charge in [0, 0.05) is 24.0 Å². The quantitative estimate of drug-likeness (QED) is 0.303. The molecule has 0 radical (unpaired) electrons. The largest absolute Gasteiger partial charge is 0.355 e. The molecule has 13 heteroatoms. The Bertz CT molecular complexity index is 1330. The van der Waals surface area contributed by atoms with Gasteiger partial charge in [0.2, 0.25) is 0 Å². The molecule has 2 N–H and O–H groups in total. The van der Waals surface area contributed by atoms with Crippen molar-refractivity contribution < 1.29 is 23.8 Å². The van der Waals surface area contributed by atoms with Gasteiger partial charge in [-0.25, -0.2) is 14.4 Å². The summed E-state index contributed by atoms with van der Waals surface area (Å²) in [5, 5.41) is 0.285. The van der Waals surface area contributed by atoms with Gasteiger partial charge in [-0.05, 0) is 82.1 Å². The Labute approximate surface area is 216 Å². The van der Waals surface area contributed by atoms with E-state index in [1.54, 1.807) is 12.1 Å². The lowest BCUT2D eigenvalue weighted by Gasteiger charge is -2.42. The van der Waals surface area contributed by atoms with E-state index in [9.17, 15) is 23.8 Å². The Morgan fingerprint density at radius 1 is 1.03 bits per heavy atom. The number of rotatable bonds is 4. The second-order valence-corrected chi connectivity index (χ2v) is 13.6. The van der Waals surface area contributed by atoms with Gasteiger partial charge in [-0.2, -0.15) is 0 Å². The molecule has 1 fully saturated rings. The zero-order valence-electron chi connectivity index (χ0n) is 18.6. The molecule has 1 aliphatic carbocycles. The van der Waals surface area contributed by atoms with Crippen LogP contribution in [0.2, 0.25) is 0 Å². The van der Waals surface area contributed by atoms with Crippen LogP contribution >= 0.6 is 37.9 Å². The maximum absolute atomic E-state index is 14.0. The van der Waals surface area contributed by atoms with E-state index in [0.29, 0.717) is 41.9 Å². The van der Waals surface area contributed by atoms with E-state index in [1.807, 2.05) is 4.90 Å². The predicted octanol–water partition coefficient (Wildman–Crippen LogP) is 8.03. The van der Waals surface area contributed by atoms with Crippen molar-refractivity contribution >= 4 is 43.7 Å². The van der Waals surface area contributed by atoms with E-state index in [-0.39, 0.29) is 27.2 Å². The molecule has 1 spiro atoms. The molecule has 194 valence electrons. The molecule has 0 saturated carbocycles. The highest BCUT2D eigenvalue weighted by molar-refractivity contribution is 9.10. The number of benzene rings is 2. The molecule has 1 atom stereocenters. The number of aromatic nitrogens is 2. The maximum atomic E-state index is 14.0. The van der Waals surface area contributed by atoms with E-state index in [1.165, 1.54) is 18.5 Å². The Morgan fingerprint density at radius 3 is 2.39 bits per heavy atom. The van der Waals surface area contributed by atoms with Crippen molar-refractivity contribution in [2.45, 2.75) is 40.1 Å². The second-order valence-electron chi connectivity index (χ2n) is 9.23. The molecule has 2 aliphatic rings. The summed E-state index contributed by atoms with van der Waals surface area (Å²) >= 11 is 4.06. The second kappa shape index (κ2) is 8.02. The number of nitrogens with zero attached hydrogens (tertiary/aromatic N) is 3. The predicted molar refractivity (Wildman–Crippen MR) is 133 cm³/mol. The third kappa shape index (κ3) is 4.94. The van der Waals surface area contributed by atoms with Crippen LogP contribution < -0.4 is 10.6 Å². The van der Waals surface area contributed by atoms with Crippen LogP contribution in [0, 0.1) is 11.2 Å². The van der Waals surface area contributed by atoms with Gasteiger partial charge in [-0.1, -0.05) is 37.3 Å². The first-order valence-corrected chi connectivity index (χ1v) is 14.5. The third-order valence-electron chi connectivity index (χ3n) is 6.89. The van der Waals surface area contributed by atoms with Crippen molar-refractivity contribution in [3.05, 3.63) is 70.2 Å². The van der Waals surface area contributed by atoms with E-state index in [4.69, 9.17) is 5.73 Å². The van der Waals surface area contributed by atoms with E-state index in [0.717, 1.165) is 41.8 Å². The van der Waals surface area contributed by atoms with Crippen molar-refractivity contribution in [2.75, 3.05) is 18.0 Å². The van der Waals surface area contributed by atoms with Crippen LogP contribution in [0.15, 0.2) is 68.1 Å². The lowest BCUT2D eigenvalue weighted by atomic mass is 9.73. The van der Waals surface area contributed by atoms with E-state index in [2.05, 4.69) is 25.9 Å². The molecule has 2 heterocycles. The Morgan fingerprint density at radius 2 is 1.75 bits per heavy atom. The van der Waals surface area contributed by atoms with Gasteiger partial charge in [0.25, 0.3) is 0 Å². The molecular weight excluding hydrogens is 590 g/mol. The Hall–Kier alpha value is -1.96. The summed E-state index contributed by atoms with van der Waals surface area (Å²) in [7, 11) is -9.76. The molecule has 1 aromatic heterocycles. The van der Waals surface area contributed by atoms with Crippen LogP contribution in [0.25, 0.3) is 0 Å². The van der Waals surface area contributed by atoms with Gasteiger partial charge in [0.05, 0.1) is 16.9 Å². The van der Waals surface area contributed by atoms with Gasteiger partial charge in [-0.15, -0.1) is 0 Å². The molecule has 3 aromatic rings. The molecular formula is C23H21BrF6N4S2. The molecule has 0 unspecified atom stereocenters. The molecule has 0 bridgehead atoms. The zero-order chi connectivity index (χ0) is 26.0. The summed E-state index contributed by atoms with van der Waals surface area (Å²) in [6, 6.07) is 6.18. The highest BCUT2D eigenvalue weighted by Gasteiger charge is 2.65. The third-order valence-corrected chi connectivity index (χ3v) is 9.55. The Balaban J connectivity index is 1.25. The number of nitrogens with two attached hydrogens (primary N) is 1. The summed E-state index contributed by atoms with van der Waals surface area (Å²) in [6.45, 7) is 1.33. The summed E-state index contributed by atoms with van der Waals surface area (Å²) < 4.78 is 79.9. The zero-order valence-corrected chi connectivity index (χ0v) is 21.8. The smallest absolute Gasteiger partial charge is 0.310 e. The fourth-order valence-corrected chi connectivity index (χ4v) is 6.86. The van der Waals surface area contributed by atoms with Crippen molar-refractivity contribution in [2.24, 2.45) is 11.1 Å². The lowest BCUT2D eigenvalue weighted by Crippen LogP contribution is -2.44. The number of hydrogen-bond acceptors (Lipinski definition) is 5. The van der Waals surface area contributed by atoms with Gasteiger partial charge >= 0.3 is 10.2 Å². The van der Waals surface area contributed by atoms with Crippen molar-refractivity contribution in [1.82, 2.24) is 9.97 Å². The van der Waals surface area contributed by atoms with Gasteiger partial charge in [0.1, 0.15) is 21.6 Å². The summed E-state index contributed by atoms with van der Waals surface area (Å²) in [5.74, 6) is 0.303. The van der Waals surface area contributed by atoms with Gasteiger partial charge < -0.3 is 10.6 Å². The number of hydrogen-bond donors (Lipinski definition) is 1. The fraction of sp³-hybridized carbons (Fsp3) is 0.304. The van der Waals surface area contributed by atoms with Crippen LogP contribution in [-0.2, 0) is 6.42 Å². The van der Waals surface area contributed by atoms with Crippen molar-refractivity contribution in [3.8, 4) is 0 Å². The molecule has 1 saturated heterocycles. The van der Waals surface area contributed by atoms with Crippen LogP contribution in [0.3, 0.4) is 0 Å². The van der Waals surface area contributed by atoms with Crippen LogP contribution in [0.4, 0.5) is 29.6 Å². The van der Waals surface area contributed by atoms with Crippen LogP contribution in [0.5, 0.6) is 0 Å². The van der Waals surface area contributed by atoms with E-state index >= 15 is 0 Å². The van der Waals surface area contributed by atoms with E-state index < -0.39 is 15.1 Å². The maximum Gasteiger partial charge on any atom is 0.310 e. The normalized spacial score (nSPS) is 21.2. The monoisotopic (exact) mass is 610 g/mol. The van der Waals surface area contributed by atoms with Crippen molar-refractivity contribution in [1.29, 1.82) is 0 Å². The number of piperidine rings is 1. The average molecular weight is 611 g/mol. The molecule has 0 amide bonds. The first-order valence-electron chi connectivity index (χ1n) is 11.0. The fourth-order valence-electron chi connectivity index (χ4n) is 4.96. The summed E-state index contributed by atoms with van der Waals surface area (Å²) in [4.78, 5) is 8.75. The minimum atomic E-state index is -9.76. The number of halogens is 7. The Kier molecular flexibility index (Phi) is 5.72. The first-order chi connectivity index (χ1) is 16.6. The van der Waals surface area contributed by atoms with Gasteiger partial charge in [-0.3, -0.25) is 0 Å². The topological polar surface area (TPSA) is 55.0 Å². The lowest BCUT2D eigenvalue weighted by molar-refractivity contribution is 0.187. The first kappa shape index (κ1) is 25.7. The molecule has 5 rings (SSSR count). The van der Waals surface area contributed by atoms with Crippen LogP contribution in [0.1, 0.15) is 30.0 Å². The molecule has 1 aliphatic heterocycles. The number of anilines is 1. The number of fused-ring (bicyclic) bond motifs is 1. The standard InChI is InChI=1S/C23H21BrF6N4S2/c24-18-10-17-14(8-19(18)25)11-23(22(17)31)4-6-34(7-5-23)20-12-33-21(13-32-20)35-15-2-1-3-16(9-15)36(26,27,28,29)30/h1-3,8-10,12-13,22H,4-7,11,31H2/t22-/m1/s1. The molecule has 2 aromatic carbocycles. The molecule has 36 heavy (non-hydrogen) atoms. The minimum absolute atomic E-state index is 0.0134. The average Bonchev–Trinajstić information content (AvgIpc) is 3.04. The van der Waals surface area contributed by atoms with Crippen molar-refractivity contribution in [3.63, 3.8) is 0 Å².